The third-order valence-electron chi connectivity index (χ3n) is 4.56. The molecule has 7 heteroatoms. The first-order valence-corrected chi connectivity index (χ1v) is 10.6. The molecule has 0 unspecified atom stereocenters. The van der Waals surface area contributed by atoms with Gasteiger partial charge in [-0.15, -0.1) is 11.3 Å². The highest BCUT2D eigenvalue weighted by Gasteiger charge is 2.31. The molecule has 0 fully saturated rings. The third-order valence-corrected chi connectivity index (χ3v) is 5.68. The van der Waals surface area contributed by atoms with E-state index >= 15 is 0 Å². The fourth-order valence-corrected chi connectivity index (χ4v) is 4.15. The first kappa shape index (κ1) is 19.5. The molecular formula is C22H20ClN3O2S. The van der Waals surface area contributed by atoms with Crippen LogP contribution < -0.4 is 9.64 Å². The number of aliphatic hydroxyl groups is 1. The molecule has 1 aliphatic rings. The van der Waals surface area contributed by atoms with E-state index in [-0.39, 0.29) is 18.1 Å². The molecule has 0 atom stereocenters. The number of nitrogens with one attached hydrogen (secondary N) is 1. The van der Waals surface area contributed by atoms with Gasteiger partial charge < -0.3 is 14.7 Å². The molecule has 3 aromatic rings. The molecule has 1 aromatic heterocycles. The second-order valence-electron chi connectivity index (χ2n) is 6.65. The van der Waals surface area contributed by atoms with Crippen LogP contribution >= 0.6 is 22.9 Å². The van der Waals surface area contributed by atoms with Gasteiger partial charge in [0.25, 0.3) is 0 Å². The van der Waals surface area contributed by atoms with E-state index in [1.165, 1.54) is 11.3 Å². The van der Waals surface area contributed by atoms with E-state index in [2.05, 4.69) is 11.9 Å². The minimum absolute atomic E-state index is 0.145. The van der Waals surface area contributed by atoms with Gasteiger partial charge in [0, 0.05) is 27.7 Å². The summed E-state index contributed by atoms with van der Waals surface area (Å²) >= 11 is 7.37. The van der Waals surface area contributed by atoms with Gasteiger partial charge in [0.2, 0.25) is 0 Å². The molecule has 0 amide bonds. The number of hydrogen-bond donors (Lipinski definition) is 2. The van der Waals surface area contributed by atoms with Gasteiger partial charge in [-0.3, -0.25) is 5.41 Å². The van der Waals surface area contributed by atoms with Crippen LogP contribution in [0.15, 0.2) is 59.7 Å². The number of hydrogen-bond acceptors (Lipinski definition) is 5. The largest absolute Gasteiger partial charge is 0.510 e. The number of anilines is 1. The molecule has 148 valence electrons. The van der Waals surface area contributed by atoms with Crippen molar-refractivity contribution in [2.24, 2.45) is 0 Å². The van der Waals surface area contributed by atoms with E-state index in [0.29, 0.717) is 22.2 Å². The summed E-state index contributed by atoms with van der Waals surface area (Å²) in [5.41, 5.74) is 3.01. The summed E-state index contributed by atoms with van der Waals surface area (Å²) in [7, 11) is 0. The highest BCUT2D eigenvalue weighted by atomic mass is 35.5. The number of rotatable bonds is 6. The van der Waals surface area contributed by atoms with Crippen molar-refractivity contribution >= 4 is 40.0 Å². The Morgan fingerprint density at radius 3 is 2.79 bits per heavy atom. The second-order valence-corrected chi connectivity index (χ2v) is 7.94. The summed E-state index contributed by atoms with van der Waals surface area (Å²) in [5.74, 6) is 1.13. The average molecular weight is 426 g/mol. The summed E-state index contributed by atoms with van der Waals surface area (Å²) in [5, 5.41) is 22.4. The lowest BCUT2D eigenvalue weighted by Gasteiger charge is -2.19. The third kappa shape index (κ3) is 3.99. The predicted octanol–water partition coefficient (Wildman–Crippen LogP) is 6.02. The standard InChI is InChI=1S/C22H20ClN3O2S/c1-2-10-28-17-5-3-4-16(11-17)26-12-19(27)20(21(26)24)22-25-18(13-29-22)14-6-8-15(23)9-7-14/h3-9,11,13,24,27H,2,10,12H2,1H3. The van der Waals surface area contributed by atoms with Crippen LogP contribution in [-0.4, -0.2) is 29.1 Å². The van der Waals surface area contributed by atoms with Crippen molar-refractivity contribution in [3.8, 4) is 17.0 Å². The Hall–Kier alpha value is -2.83. The lowest BCUT2D eigenvalue weighted by molar-refractivity contribution is 0.317. The maximum absolute atomic E-state index is 10.6. The minimum atomic E-state index is 0.145. The average Bonchev–Trinajstić information content (AvgIpc) is 3.31. The van der Waals surface area contributed by atoms with Gasteiger partial charge >= 0.3 is 0 Å². The zero-order chi connectivity index (χ0) is 20.4. The fraction of sp³-hybridized carbons (Fsp3) is 0.182. The van der Waals surface area contributed by atoms with Crippen molar-refractivity contribution in [1.29, 1.82) is 5.41 Å². The maximum atomic E-state index is 10.6. The smallest absolute Gasteiger partial charge is 0.139 e. The number of ether oxygens (including phenoxy) is 1. The van der Waals surface area contributed by atoms with Gasteiger partial charge in [-0.2, -0.15) is 0 Å². The number of amidine groups is 1. The normalized spacial score (nSPS) is 14.0. The van der Waals surface area contributed by atoms with Crippen molar-refractivity contribution in [3.63, 3.8) is 0 Å². The number of thiazole rings is 1. The number of halogens is 1. The van der Waals surface area contributed by atoms with Crippen molar-refractivity contribution in [2.45, 2.75) is 13.3 Å². The highest BCUT2D eigenvalue weighted by molar-refractivity contribution is 7.11. The van der Waals surface area contributed by atoms with Crippen molar-refractivity contribution in [2.75, 3.05) is 18.1 Å². The van der Waals surface area contributed by atoms with E-state index in [4.69, 9.17) is 21.7 Å². The van der Waals surface area contributed by atoms with E-state index < -0.39 is 0 Å². The number of aliphatic hydroxyl groups excluding tert-OH is 1. The SMILES string of the molecule is CCCOc1cccc(N2CC(O)=C(c3nc(-c4ccc(Cl)cc4)cs3)C2=N)c1. The Balaban J connectivity index is 1.58. The van der Waals surface area contributed by atoms with Crippen LogP contribution in [0.2, 0.25) is 5.02 Å². The summed E-state index contributed by atoms with van der Waals surface area (Å²) in [6.45, 7) is 2.93. The highest BCUT2D eigenvalue weighted by Crippen LogP contribution is 2.35. The molecule has 0 radical (unpaired) electrons. The first-order valence-electron chi connectivity index (χ1n) is 9.30. The monoisotopic (exact) mass is 425 g/mol. The van der Waals surface area contributed by atoms with Crippen LogP contribution in [0.1, 0.15) is 18.4 Å². The maximum Gasteiger partial charge on any atom is 0.139 e. The van der Waals surface area contributed by atoms with Gasteiger partial charge in [-0.25, -0.2) is 4.98 Å². The predicted molar refractivity (Wildman–Crippen MR) is 119 cm³/mol. The molecule has 4 rings (SSSR count). The lowest BCUT2D eigenvalue weighted by Crippen LogP contribution is -2.26. The Bertz CT molecular complexity index is 1080. The van der Waals surface area contributed by atoms with E-state index in [1.807, 2.05) is 53.9 Å². The quantitative estimate of drug-likeness (QED) is 0.506. The molecule has 2 aromatic carbocycles. The van der Waals surface area contributed by atoms with Crippen LogP contribution in [0.3, 0.4) is 0 Å². The molecular weight excluding hydrogens is 406 g/mol. The van der Waals surface area contributed by atoms with Crippen molar-refractivity contribution in [1.82, 2.24) is 4.98 Å². The summed E-state index contributed by atoms with van der Waals surface area (Å²) in [4.78, 5) is 6.40. The fourth-order valence-electron chi connectivity index (χ4n) is 3.13. The van der Waals surface area contributed by atoms with Gasteiger partial charge in [0.15, 0.2) is 0 Å². The summed E-state index contributed by atoms with van der Waals surface area (Å²) < 4.78 is 5.70. The van der Waals surface area contributed by atoms with Crippen LogP contribution in [0, 0.1) is 5.41 Å². The Morgan fingerprint density at radius 1 is 1.24 bits per heavy atom. The van der Waals surface area contributed by atoms with Crippen molar-refractivity contribution < 1.29 is 9.84 Å². The number of benzene rings is 2. The molecule has 0 bridgehead atoms. The van der Waals surface area contributed by atoms with E-state index in [1.54, 1.807) is 4.90 Å². The molecule has 1 aliphatic heterocycles. The second kappa shape index (κ2) is 8.27. The van der Waals surface area contributed by atoms with Gasteiger partial charge in [-0.05, 0) is 30.7 Å². The Morgan fingerprint density at radius 2 is 2.03 bits per heavy atom. The van der Waals surface area contributed by atoms with E-state index in [9.17, 15) is 5.11 Å². The molecule has 0 saturated carbocycles. The van der Waals surface area contributed by atoms with Gasteiger partial charge in [0.05, 0.1) is 24.4 Å². The molecule has 29 heavy (non-hydrogen) atoms. The van der Waals surface area contributed by atoms with Crippen molar-refractivity contribution in [3.05, 3.63) is 69.7 Å². The number of aromatic nitrogens is 1. The lowest BCUT2D eigenvalue weighted by atomic mass is 10.2. The first-order chi connectivity index (χ1) is 14.1. The molecule has 0 spiro atoms. The van der Waals surface area contributed by atoms with Gasteiger partial charge in [0.1, 0.15) is 22.4 Å². The van der Waals surface area contributed by atoms with Gasteiger partial charge in [-0.1, -0.05) is 36.7 Å². The van der Waals surface area contributed by atoms with Crippen LogP contribution in [0.25, 0.3) is 16.8 Å². The Labute approximate surface area is 178 Å². The molecule has 2 heterocycles. The molecule has 0 aliphatic carbocycles. The van der Waals surface area contributed by atoms with E-state index in [0.717, 1.165) is 29.1 Å². The summed E-state index contributed by atoms with van der Waals surface area (Å²) in [6, 6.07) is 15.0. The zero-order valence-corrected chi connectivity index (χ0v) is 17.4. The van der Waals surface area contributed by atoms with Crippen LogP contribution in [0.5, 0.6) is 5.75 Å². The topological polar surface area (TPSA) is 69.4 Å². The molecule has 5 nitrogen and oxygen atoms in total. The molecule has 0 saturated heterocycles. The van der Waals surface area contributed by atoms with Crippen LogP contribution in [-0.2, 0) is 0 Å². The Kier molecular flexibility index (Phi) is 5.56. The van der Waals surface area contributed by atoms with Crippen LogP contribution in [0.4, 0.5) is 5.69 Å². The zero-order valence-electron chi connectivity index (χ0n) is 15.9. The molecule has 2 N–H and O–H groups in total. The minimum Gasteiger partial charge on any atom is -0.510 e. The summed E-state index contributed by atoms with van der Waals surface area (Å²) in [6.07, 6.45) is 0.927. The number of nitrogens with zero attached hydrogens (tertiary/aromatic N) is 2.